The summed E-state index contributed by atoms with van der Waals surface area (Å²) >= 11 is 0. The molecule has 40 heavy (non-hydrogen) atoms. The molecule has 2 fully saturated rings. The highest BCUT2D eigenvalue weighted by molar-refractivity contribution is 6.02. The molecule has 11 heteroatoms. The lowest BCUT2D eigenvalue weighted by Gasteiger charge is -2.41. The monoisotopic (exact) mass is 543 g/mol. The van der Waals surface area contributed by atoms with E-state index in [4.69, 9.17) is 10.3 Å². The summed E-state index contributed by atoms with van der Waals surface area (Å²) in [7, 11) is 2.21. The fourth-order valence-corrected chi connectivity index (χ4v) is 6.04. The third-order valence-electron chi connectivity index (χ3n) is 8.36. The number of fused-ring (bicyclic) bond motifs is 1. The van der Waals surface area contributed by atoms with Crippen molar-refractivity contribution in [3.8, 4) is 11.1 Å². The van der Waals surface area contributed by atoms with Gasteiger partial charge in [-0.05, 0) is 56.8 Å². The van der Waals surface area contributed by atoms with E-state index in [-0.39, 0.29) is 0 Å². The number of nitrogens with one attached hydrogen (secondary N) is 2. The van der Waals surface area contributed by atoms with Gasteiger partial charge in [-0.25, -0.2) is 14.8 Å². The Morgan fingerprint density at radius 1 is 1.02 bits per heavy atom. The molecule has 4 heterocycles. The van der Waals surface area contributed by atoms with E-state index in [1.54, 1.807) is 12.4 Å². The number of aryl methyl sites for hydroxylation is 1. The summed E-state index contributed by atoms with van der Waals surface area (Å²) in [6.07, 6.45) is 9.09. The molecule has 6 rings (SSSR count). The van der Waals surface area contributed by atoms with E-state index in [9.17, 15) is 4.79 Å². The number of benzene rings is 1. The number of hydrogen-bond acceptors (Lipinski definition) is 8. The number of piperazine rings is 1. The van der Waals surface area contributed by atoms with Crippen molar-refractivity contribution in [1.82, 2.24) is 29.5 Å². The fraction of sp³-hybridized carbons (Fsp3) is 0.448. The number of likely N-dealkylation sites (N-methyl/N-ethyl adjacent to an activating group) is 1. The quantitative estimate of drug-likeness (QED) is 0.322. The van der Waals surface area contributed by atoms with Crippen LogP contribution in [0.2, 0.25) is 0 Å². The van der Waals surface area contributed by atoms with Crippen molar-refractivity contribution in [1.29, 1.82) is 0 Å². The number of nitrogens with two attached hydrogens (primary N) is 1. The maximum atomic E-state index is 12.4. The van der Waals surface area contributed by atoms with E-state index in [0.717, 1.165) is 60.2 Å². The highest BCUT2D eigenvalue weighted by Gasteiger charge is 2.30. The van der Waals surface area contributed by atoms with Crippen molar-refractivity contribution < 1.29 is 9.32 Å². The van der Waals surface area contributed by atoms with Crippen LogP contribution < -0.4 is 16.4 Å². The van der Waals surface area contributed by atoms with Crippen LogP contribution in [0.3, 0.4) is 0 Å². The molecule has 11 nitrogen and oxygen atoms in total. The molecule has 4 N–H and O–H groups in total. The van der Waals surface area contributed by atoms with Crippen molar-refractivity contribution in [3.05, 3.63) is 48.5 Å². The molecule has 1 aromatic carbocycles. The van der Waals surface area contributed by atoms with Gasteiger partial charge in [0, 0.05) is 61.8 Å². The molecule has 1 aliphatic carbocycles. The maximum absolute atomic E-state index is 12.4. The number of nitrogen functional groups attached to an aromatic ring is 1. The lowest BCUT2D eigenvalue weighted by Crippen LogP contribution is -2.49. The Balaban J connectivity index is 1.17. The average molecular weight is 544 g/mol. The van der Waals surface area contributed by atoms with Gasteiger partial charge in [0.15, 0.2) is 0 Å². The van der Waals surface area contributed by atoms with Crippen molar-refractivity contribution in [2.75, 3.05) is 49.6 Å². The predicted octanol–water partition coefficient (Wildman–Crippen LogP) is 4.61. The Labute approximate surface area is 233 Å². The first-order valence-corrected chi connectivity index (χ1v) is 14.2. The second-order valence-corrected chi connectivity index (χ2v) is 10.9. The van der Waals surface area contributed by atoms with Crippen LogP contribution in [-0.4, -0.2) is 74.8 Å². The van der Waals surface area contributed by atoms with Crippen LogP contribution in [0, 0.1) is 0 Å². The molecule has 210 valence electrons. The summed E-state index contributed by atoms with van der Waals surface area (Å²) < 4.78 is 7.44. The topological polar surface area (TPSA) is 130 Å². The van der Waals surface area contributed by atoms with Gasteiger partial charge >= 0.3 is 6.03 Å². The minimum absolute atomic E-state index is 0.312. The van der Waals surface area contributed by atoms with Gasteiger partial charge in [0.2, 0.25) is 5.88 Å². The lowest BCUT2D eigenvalue weighted by atomic mass is 9.89. The van der Waals surface area contributed by atoms with Gasteiger partial charge in [0.05, 0.1) is 11.1 Å². The van der Waals surface area contributed by atoms with Crippen LogP contribution in [-0.2, 0) is 6.42 Å². The highest BCUT2D eigenvalue weighted by atomic mass is 16.5. The number of urea groups is 1. The zero-order valence-electron chi connectivity index (χ0n) is 23.1. The third-order valence-corrected chi connectivity index (χ3v) is 8.36. The van der Waals surface area contributed by atoms with Gasteiger partial charge in [-0.3, -0.25) is 10.2 Å². The number of aromatic nitrogens is 4. The zero-order chi connectivity index (χ0) is 27.6. The largest absolute Gasteiger partial charge is 0.383 e. The number of anilines is 3. The Kier molecular flexibility index (Phi) is 7.40. The van der Waals surface area contributed by atoms with Crippen LogP contribution >= 0.6 is 0 Å². The zero-order valence-corrected chi connectivity index (χ0v) is 23.1. The Morgan fingerprint density at radius 2 is 1.75 bits per heavy atom. The maximum Gasteiger partial charge on any atom is 0.326 e. The molecular weight excluding hydrogens is 506 g/mol. The predicted molar refractivity (Wildman–Crippen MR) is 156 cm³/mol. The molecule has 1 saturated heterocycles. The third kappa shape index (κ3) is 5.39. The minimum Gasteiger partial charge on any atom is -0.383 e. The number of carbonyl (C=O) groups is 1. The molecule has 2 aliphatic rings. The first-order valence-electron chi connectivity index (χ1n) is 14.2. The number of rotatable bonds is 6. The van der Waals surface area contributed by atoms with Crippen molar-refractivity contribution in [3.63, 3.8) is 0 Å². The Hall–Kier alpha value is -3.96. The normalized spacial score (nSPS) is 20.6. The van der Waals surface area contributed by atoms with Crippen molar-refractivity contribution in [2.24, 2.45) is 0 Å². The fourth-order valence-electron chi connectivity index (χ4n) is 6.04. The van der Waals surface area contributed by atoms with E-state index in [1.165, 1.54) is 25.9 Å². The van der Waals surface area contributed by atoms with E-state index < -0.39 is 6.03 Å². The highest BCUT2D eigenvalue weighted by Crippen LogP contribution is 2.39. The van der Waals surface area contributed by atoms with Crippen LogP contribution in [0.15, 0.2) is 47.4 Å². The molecule has 3 aromatic heterocycles. The second kappa shape index (κ2) is 11.3. The van der Waals surface area contributed by atoms with Crippen LogP contribution in [0.5, 0.6) is 0 Å². The molecule has 2 amide bonds. The average Bonchev–Trinajstić information content (AvgIpc) is 3.59. The van der Waals surface area contributed by atoms with Crippen molar-refractivity contribution >= 4 is 34.5 Å². The molecule has 4 aromatic rings. The molecule has 0 spiro atoms. The van der Waals surface area contributed by atoms with E-state index in [0.29, 0.717) is 29.5 Å². The molecule has 0 atom stereocenters. The number of nitrogens with zero attached hydrogens (tertiary/aromatic N) is 6. The van der Waals surface area contributed by atoms with Gasteiger partial charge in [0.1, 0.15) is 17.8 Å². The van der Waals surface area contributed by atoms with Crippen LogP contribution in [0.1, 0.15) is 44.3 Å². The summed E-state index contributed by atoms with van der Waals surface area (Å²) in [6.45, 7) is 6.61. The summed E-state index contributed by atoms with van der Waals surface area (Å²) in [5.74, 6) is 0.789. The number of hydrogen-bond donors (Lipinski definition) is 3. The van der Waals surface area contributed by atoms with Gasteiger partial charge in [-0.1, -0.05) is 24.2 Å². The standard InChI is InChI=1S/C29H37N9O2/c1-3-20-16-25(40-35-20)34-29(39)33-21-6-4-19(5-7-21)24-17-38(28-26(24)27(30)31-18-32-28)23-10-8-22(9-11-23)37-14-12-36(2)13-15-37/h4-7,16-18,22-23H,3,8-15H2,1-2H3,(H2,30,31,32)(H2,33,34,39). The second-order valence-electron chi connectivity index (χ2n) is 10.9. The molecular formula is C29H37N9O2. The van der Waals surface area contributed by atoms with Crippen LogP contribution in [0.4, 0.5) is 22.2 Å². The van der Waals surface area contributed by atoms with Gasteiger partial charge in [-0.15, -0.1) is 0 Å². The molecule has 1 aliphatic heterocycles. The molecule has 0 bridgehead atoms. The summed E-state index contributed by atoms with van der Waals surface area (Å²) in [5, 5.41) is 10.3. The minimum atomic E-state index is -0.395. The summed E-state index contributed by atoms with van der Waals surface area (Å²) in [4.78, 5) is 26.5. The van der Waals surface area contributed by atoms with E-state index in [2.05, 4.69) is 53.4 Å². The smallest absolute Gasteiger partial charge is 0.326 e. The van der Waals surface area contributed by atoms with Crippen LogP contribution in [0.25, 0.3) is 22.2 Å². The number of carbonyl (C=O) groups excluding carboxylic acids is 1. The SMILES string of the molecule is CCc1cc(NC(=O)Nc2ccc(-c3cn(C4CCC(N5CCN(C)CC5)CC4)c4ncnc(N)c34)cc2)on1. The summed E-state index contributed by atoms with van der Waals surface area (Å²) in [6, 6.07) is 10.1. The molecule has 0 radical (unpaired) electrons. The van der Waals surface area contributed by atoms with Gasteiger partial charge in [0.25, 0.3) is 0 Å². The molecule has 0 unspecified atom stereocenters. The Morgan fingerprint density at radius 3 is 2.45 bits per heavy atom. The molecule has 1 saturated carbocycles. The number of amides is 2. The Bertz CT molecular complexity index is 1460. The van der Waals surface area contributed by atoms with Gasteiger partial charge < -0.3 is 25.0 Å². The lowest BCUT2D eigenvalue weighted by molar-refractivity contribution is 0.0828. The van der Waals surface area contributed by atoms with E-state index >= 15 is 0 Å². The van der Waals surface area contributed by atoms with E-state index in [1.807, 2.05) is 31.2 Å². The first-order chi connectivity index (χ1) is 19.5. The van der Waals surface area contributed by atoms with Gasteiger partial charge in [-0.2, -0.15) is 0 Å². The first kappa shape index (κ1) is 26.3. The van der Waals surface area contributed by atoms with Crippen molar-refractivity contribution in [2.45, 2.75) is 51.1 Å². The summed E-state index contributed by atoms with van der Waals surface area (Å²) in [5.41, 5.74) is 10.7.